The van der Waals surface area contributed by atoms with Crippen LogP contribution in [0.4, 0.5) is 5.69 Å². The Hall–Kier alpha value is -2.97. The van der Waals surface area contributed by atoms with E-state index >= 15 is 0 Å². The zero-order valence-corrected chi connectivity index (χ0v) is 15.1. The van der Waals surface area contributed by atoms with Gasteiger partial charge in [-0.05, 0) is 20.3 Å². The monoisotopic (exact) mass is 355 g/mol. The SMILES string of the molecule is CCOC(=O)c1cnc2c(c(C)nn2C)c1NCc1nnc2n1CCC2. The molecule has 0 amide bonds. The number of anilines is 1. The van der Waals surface area contributed by atoms with E-state index in [2.05, 4.69) is 30.2 Å². The summed E-state index contributed by atoms with van der Waals surface area (Å²) in [4.78, 5) is 16.8. The van der Waals surface area contributed by atoms with Crippen LogP contribution in [-0.2, 0) is 31.3 Å². The molecule has 3 aromatic rings. The van der Waals surface area contributed by atoms with Gasteiger partial charge in [-0.25, -0.2) is 9.78 Å². The van der Waals surface area contributed by atoms with Crippen LogP contribution in [0.15, 0.2) is 6.20 Å². The van der Waals surface area contributed by atoms with Gasteiger partial charge in [-0.3, -0.25) is 4.68 Å². The van der Waals surface area contributed by atoms with Crippen molar-refractivity contribution in [2.75, 3.05) is 11.9 Å². The number of hydrogen-bond donors (Lipinski definition) is 1. The van der Waals surface area contributed by atoms with Gasteiger partial charge >= 0.3 is 5.97 Å². The lowest BCUT2D eigenvalue weighted by Gasteiger charge is -2.13. The minimum Gasteiger partial charge on any atom is -0.462 e. The summed E-state index contributed by atoms with van der Waals surface area (Å²) in [7, 11) is 1.83. The Morgan fingerprint density at radius 3 is 3.04 bits per heavy atom. The molecular formula is C17H21N7O2. The highest BCUT2D eigenvalue weighted by atomic mass is 16.5. The first-order valence-corrected chi connectivity index (χ1v) is 8.74. The first kappa shape index (κ1) is 16.5. The lowest BCUT2D eigenvalue weighted by Crippen LogP contribution is -2.13. The molecule has 4 heterocycles. The topological polar surface area (TPSA) is 99.8 Å². The summed E-state index contributed by atoms with van der Waals surface area (Å²) in [5.74, 6) is 1.47. The lowest BCUT2D eigenvalue weighted by atomic mass is 10.1. The number of aromatic nitrogens is 6. The Balaban J connectivity index is 1.75. The molecule has 0 bridgehead atoms. The van der Waals surface area contributed by atoms with Crippen molar-refractivity contribution in [3.05, 3.63) is 29.1 Å². The average molecular weight is 355 g/mol. The van der Waals surface area contributed by atoms with E-state index in [1.165, 1.54) is 6.20 Å². The molecule has 0 aliphatic carbocycles. The Morgan fingerprint density at radius 2 is 2.23 bits per heavy atom. The molecule has 9 nitrogen and oxygen atoms in total. The van der Waals surface area contributed by atoms with Gasteiger partial charge in [0.05, 0.1) is 29.9 Å². The van der Waals surface area contributed by atoms with Crippen molar-refractivity contribution in [2.45, 2.75) is 39.8 Å². The Morgan fingerprint density at radius 1 is 1.38 bits per heavy atom. The van der Waals surface area contributed by atoms with Gasteiger partial charge in [0, 0.05) is 26.2 Å². The standard InChI is InChI=1S/C17H21N7O2/c1-4-26-17(25)11-8-19-16-14(10(2)22-23(16)3)15(11)18-9-13-21-20-12-6-5-7-24(12)13/h8H,4-7,9H2,1-3H3,(H,18,19). The maximum Gasteiger partial charge on any atom is 0.341 e. The molecule has 0 aromatic carbocycles. The predicted molar refractivity (Wildman–Crippen MR) is 94.9 cm³/mol. The van der Waals surface area contributed by atoms with Gasteiger partial charge in [0.2, 0.25) is 0 Å². The smallest absolute Gasteiger partial charge is 0.341 e. The molecule has 3 aromatic heterocycles. The molecule has 26 heavy (non-hydrogen) atoms. The van der Waals surface area contributed by atoms with E-state index in [1.54, 1.807) is 11.6 Å². The van der Waals surface area contributed by atoms with E-state index in [4.69, 9.17) is 4.74 Å². The van der Waals surface area contributed by atoms with Crippen LogP contribution in [0.5, 0.6) is 0 Å². The molecule has 4 rings (SSSR count). The second-order valence-electron chi connectivity index (χ2n) is 6.32. The fourth-order valence-electron chi connectivity index (χ4n) is 3.47. The van der Waals surface area contributed by atoms with Crippen LogP contribution in [-0.4, -0.2) is 42.1 Å². The first-order chi connectivity index (χ1) is 12.6. The Labute approximate surface area is 150 Å². The third kappa shape index (κ3) is 2.59. The van der Waals surface area contributed by atoms with Crippen molar-refractivity contribution >= 4 is 22.7 Å². The zero-order chi connectivity index (χ0) is 18.3. The van der Waals surface area contributed by atoms with Crippen LogP contribution >= 0.6 is 0 Å². The van der Waals surface area contributed by atoms with Gasteiger partial charge in [-0.2, -0.15) is 5.10 Å². The maximum atomic E-state index is 12.4. The molecule has 1 aliphatic heterocycles. The van der Waals surface area contributed by atoms with Crippen LogP contribution in [0, 0.1) is 6.92 Å². The van der Waals surface area contributed by atoms with Crippen LogP contribution in [0.1, 0.15) is 41.0 Å². The highest BCUT2D eigenvalue weighted by Gasteiger charge is 2.22. The molecule has 1 N–H and O–H groups in total. The molecular weight excluding hydrogens is 334 g/mol. The highest BCUT2D eigenvalue weighted by Crippen LogP contribution is 2.29. The molecule has 0 atom stereocenters. The molecule has 0 fully saturated rings. The third-order valence-electron chi connectivity index (χ3n) is 4.63. The normalized spacial score (nSPS) is 13.2. The summed E-state index contributed by atoms with van der Waals surface area (Å²) >= 11 is 0. The maximum absolute atomic E-state index is 12.4. The fraction of sp³-hybridized carbons (Fsp3) is 0.471. The number of esters is 1. The summed E-state index contributed by atoms with van der Waals surface area (Å²) in [6, 6.07) is 0. The van der Waals surface area contributed by atoms with Crippen molar-refractivity contribution in [1.82, 2.24) is 29.5 Å². The molecule has 0 spiro atoms. The highest BCUT2D eigenvalue weighted by molar-refractivity contribution is 6.05. The number of pyridine rings is 1. The van der Waals surface area contributed by atoms with Gasteiger partial charge in [0.15, 0.2) is 11.5 Å². The minimum absolute atomic E-state index is 0.306. The van der Waals surface area contributed by atoms with Crippen molar-refractivity contribution in [3.63, 3.8) is 0 Å². The van der Waals surface area contributed by atoms with E-state index in [1.807, 2.05) is 14.0 Å². The number of fused-ring (bicyclic) bond motifs is 2. The number of ether oxygens (including phenoxy) is 1. The lowest BCUT2D eigenvalue weighted by molar-refractivity contribution is 0.0527. The van der Waals surface area contributed by atoms with E-state index < -0.39 is 5.97 Å². The molecule has 136 valence electrons. The Kier molecular flexibility index (Phi) is 4.06. The van der Waals surface area contributed by atoms with Crippen LogP contribution in [0.3, 0.4) is 0 Å². The molecule has 1 aliphatic rings. The number of carbonyl (C=O) groups is 1. The van der Waals surface area contributed by atoms with E-state index in [9.17, 15) is 4.79 Å². The molecule has 9 heteroatoms. The summed E-state index contributed by atoms with van der Waals surface area (Å²) in [6.07, 6.45) is 3.59. The summed E-state index contributed by atoms with van der Waals surface area (Å²) < 4.78 is 9.03. The molecule has 0 unspecified atom stereocenters. The van der Waals surface area contributed by atoms with Gasteiger partial charge in [0.1, 0.15) is 11.4 Å². The van der Waals surface area contributed by atoms with Crippen molar-refractivity contribution in [3.8, 4) is 0 Å². The van der Waals surface area contributed by atoms with Gasteiger partial charge in [0.25, 0.3) is 0 Å². The molecule has 0 saturated heterocycles. The third-order valence-corrected chi connectivity index (χ3v) is 4.63. The van der Waals surface area contributed by atoms with Crippen LogP contribution in [0.2, 0.25) is 0 Å². The number of hydrogen-bond acceptors (Lipinski definition) is 7. The van der Waals surface area contributed by atoms with Crippen molar-refractivity contribution < 1.29 is 9.53 Å². The molecule has 0 radical (unpaired) electrons. The van der Waals surface area contributed by atoms with Gasteiger partial charge < -0.3 is 14.6 Å². The largest absolute Gasteiger partial charge is 0.462 e. The average Bonchev–Trinajstić information content (AvgIpc) is 3.29. The van der Waals surface area contributed by atoms with Crippen molar-refractivity contribution in [2.24, 2.45) is 7.05 Å². The number of aryl methyl sites for hydroxylation is 3. The molecule has 0 saturated carbocycles. The number of rotatable bonds is 5. The predicted octanol–water partition coefficient (Wildman–Crippen LogP) is 1.60. The van der Waals surface area contributed by atoms with Gasteiger partial charge in [-0.1, -0.05) is 0 Å². The zero-order valence-electron chi connectivity index (χ0n) is 15.1. The quantitative estimate of drug-likeness (QED) is 0.694. The Bertz CT molecular complexity index is 989. The second kappa shape index (κ2) is 6.40. The van der Waals surface area contributed by atoms with Gasteiger partial charge in [-0.15, -0.1) is 10.2 Å². The first-order valence-electron chi connectivity index (χ1n) is 8.74. The second-order valence-corrected chi connectivity index (χ2v) is 6.32. The summed E-state index contributed by atoms with van der Waals surface area (Å²) in [5, 5.41) is 17.1. The number of nitrogens with zero attached hydrogens (tertiary/aromatic N) is 6. The summed E-state index contributed by atoms with van der Waals surface area (Å²) in [6.45, 7) is 5.39. The van der Waals surface area contributed by atoms with Crippen molar-refractivity contribution in [1.29, 1.82) is 0 Å². The fourth-order valence-corrected chi connectivity index (χ4v) is 3.47. The number of nitrogens with one attached hydrogen (secondary N) is 1. The van der Waals surface area contributed by atoms with E-state index in [-0.39, 0.29) is 0 Å². The number of carbonyl (C=O) groups excluding carboxylic acids is 1. The van der Waals surface area contributed by atoms with Crippen LogP contribution in [0.25, 0.3) is 11.0 Å². The van der Waals surface area contributed by atoms with E-state index in [0.717, 1.165) is 42.1 Å². The minimum atomic E-state index is -0.404. The summed E-state index contributed by atoms with van der Waals surface area (Å²) in [5.41, 5.74) is 2.59. The van der Waals surface area contributed by atoms with E-state index in [0.29, 0.717) is 30.0 Å². The van der Waals surface area contributed by atoms with Crippen LogP contribution < -0.4 is 5.32 Å².